The zero-order valence-electron chi connectivity index (χ0n) is 17.7. The van der Waals surface area contributed by atoms with Gasteiger partial charge in [-0.3, -0.25) is 14.4 Å². The Balaban J connectivity index is 1.84. The molecule has 0 spiro atoms. The number of hydrogen-bond donors (Lipinski definition) is 2. The van der Waals surface area contributed by atoms with Crippen LogP contribution in [0.15, 0.2) is 35.1 Å². The molecule has 1 aromatic carbocycles. The van der Waals surface area contributed by atoms with Gasteiger partial charge in [-0.1, -0.05) is 52.0 Å². The lowest BCUT2D eigenvalue weighted by Crippen LogP contribution is -2.36. The minimum Gasteiger partial charge on any atom is -0.345 e. The van der Waals surface area contributed by atoms with Crippen LogP contribution in [0.4, 0.5) is 0 Å². The zero-order chi connectivity index (χ0) is 21.1. The number of benzene rings is 1. The molecule has 2 N–H and O–H groups in total. The Bertz CT molecular complexity index is 955. The second-order valence-corrected chi connectivity index (χ2v) is 8.72. The first-order valence-corrected chi connectivity index (χ1v) is 10.5. The first kappa shape index (κ1) is 21.0. The fourth-order valence-electron chi connectivity index (χ4n) is 3.93. The molecule has 0 radical (unpaired) electrons. The standard InChI is InChI=1S/C24H30N2O3/c1-14(2)12-16-8-10-17(11-9-16)22(15(3)4)26-24(29)19-13-18-20(25-23(19)28)6-5-7-21(18)27/h8-11,13-15,22H,5-7,12H2,1-4H3,(H,25,28)(H,26,29)/t22-/m0/s1. The van der Waals surface area contributed by atoms with E-state index in [-0.39, 0.29) is 23.3 Å². The summed E-state index contributed by atoms with van der Waals surface area (Å²) in [6.07, 6.45) is 2.86. The second kappa shape index (κ2) is 8.76. The van der Waals surface area contributed by atoms with Gasteiger partial charge in [0.15, 0.2) is 5.78 Å². The highest BCUT2D eigenvalue weighted by molar-refractivity contribution is 6.01. The highest BCUT2D eigenvalue weighted by Gasteiger charge is 2.24. The number of amides is 1. The third kappa shape index (κ3) is 4.84. The van der Waals surface area contributed by atoms with E-state index >= 15 is 0 Å². The highest BCUT2D eigenvalue weighted by Crippen LogP contribution is 2.24. The van der Waals surface area contributed by atoms with Crippen LogP contribution in [-0.4, -0.2) is 16.7 Å². The number of H-pyrrole nitrogens is 1. The van der Waals surface area contributed by atoms with Crippen LogP contribution in [0, 0.1) is 11.8 Å². The van der Waals surface area contributed by atoms with Gasteiger partial charge >= 0.3 is 0 Å². The van der Waals surface area contributed by atoms with E-state index in [9.17, 15) is 14.4 Å². The van der Waals surface area contributed by atoms with Gasteiger partial charge in [-0.15, -0.1) is 0 Å². The van der Waals surface area contributed by atoms with Gasteiger partial charge in [-0.05, 0) is 48.3 Å². The maximum Gasteiger partial charge on any atom is 0.261 e. The van der Waals surface area contributed by atoms with E-state index in [1.165, 1.54) is 11.6 Å². The van der Waals surface area contributed by atoms with Crippen LogP contribution in [-0.2, 0) is 12.8 Å². The predicted octanol–water partition coefficient (Wildman–Crippen LogP) is 4.22. The number of hydrogen-bond acceptors (Lipinski definition) is 3. The summed E-state index contributed by atoms with van der Waals surface area (Å²) in [6.45, 7) is 8.44. The second-order valence-electron chi connectivity index (χ2n) is 8.72. The molecule has 1 atom stereocenters. The van der Waals surface area contributed by atoms with Gasteiger partial charge in [0.25, 0.3) is 11.5 Å². The number of ketones is 1. The van der Waals surface area contributed by atoms with Crippen molar-refractivity contribution < 1.29 is 9.59 Å². The lowest BCUT2D eigenvalue weighted by Gasteiger charge is -2.23. The number of rotatable bonds is 6. The minimum atomic E-state index is -0.447. The molecule has 0 fully saturated rings. The van der Waals surface area contributed by atoms with E-state index in [4.69, 9.17) is 0 Å². The summed E-state index contributed by atoms with van der Waals surface area (Å²) < 4.78 is 0. The van der Waals surface area contributed by atoms with E-state index in [2.05, 4.69) is 36.3 Å². The topological polar surface area (TPSA) is 79.0 Å². The average Bonchev–Trinajstić information content (AvgIpc) is 2.66. The molecule has 0 saturated carbocycles. The van der Waals surface area contributed by atoms with E-state index in [0.29, 0.717) is 30.0 Å². The summed E-state index contributed by atoms with van der Waals surface area (Å²) in [7, 11) is 0. The summed E-state index contributed by atoms with van der Waals surface area (Å²) in [5.41, 5.74) is 2.95. The molecule has 0 bridgehead atoms. The average molecular weight is 395 g/mol. The van der Waals surface area contributed by atoms with Gasteiger partial charge in [-0.2, -0.15) is 0 Å². The zero-order valence-corrected chi connectivity index (χ0v) is 17.7. The van der Waals surface area contributed by atoms with Gasteiger partial charge in [0, 0.05) is 17.7 Å². The molecule has 29 heavy (non-hydrogen) atoms. The number of aromatic nitrogens is 1. The fourth-order valence-corrected chi connectivity index (χ4v) is 3.93. The summed E-state index contributed by atoms with van der Waals surface area (Å²) in [6, 6.07) is 9.53. The van der Waals surface area contributed by atoms with Gasteiger partial charge < -0.3 is 10.3 Å². The molecule has 154 valence electrons. The Morgan fingerprint density at radius 2 is 1.76 bits per heavy atom. The molecule has 3 rings (SSSR count). The highest BCUT2D eigenvalue weighted by atomic mass is 16.2. The largest absolute Gasteiger partial charge is 0.345 e. The number of Topliss-reactive ketones (excluding diaryl/α,β-unsaturated/α-hetero) is 1. The van der Waals surface area contributed by atoms with Crippen LogP contribution in [0.1, 0.15) is 84.1 Å². The quantitative estimate of drug-likeness (QED) is 0.770. The van der Waals surface area contributed by atoms with Crippen molar-refractivity contribution >= 4 is 11.7 Å². The van der Waals surface area contributed by atoms with Crippen LogP contribution in [0.2, 0.25) is 0 Å². The lowest BCUT2D eigenvalue weighted by atomic mass is 9.92. The molecule has 2 aromatic rings. The van der Waals surface area contributed by atoms with Gasteiger partial charge in [0.1, 0.15) is 5.56 Å². The van der Waals surface area contributed by atoms with Crippen molar-refractivity contribution in [3.63, 3.8) is 0 Å². The number of nitrogens with one attached hydrogen (secondary N) is 2. The summed E-state index contributed by atoms with van der Waals surface area (Å²) in [4.78, 5) is 40.3. The third-order valence-corrected chi connectivity index (χ3v) is 5.43. The van der Waals surface area contributed by atoms with Crippen molar-refractivity contribution in [2.75, 3.05) is 0 Å². The van der Waals surface area contributed by atoms with Crippen molar-refractivity contribution in [2.24, 2.45) is 11.8 Å². The summed E-state index contributed by atoms with van der Waals surface area (Å²) in [5.74, 6) is 0.267. The normalized spacial score (nSPS) is 14.8. The SMILES string of the molecule is CC(C)Cc1ccc([C@@H](NC(=O)c2cc3c([nH]c2=O)CCCC3=O)C(C)C)cc1. The molecular weight excluding hydrogens is 364 g/mol. The van der Waals surface area contributed by atoms with Crippen LogP contribution >= 0.6 is 0 Å². The lowest BCUT2D eigenvalue weighted by molar-refractivity contribution is 0.0924. The van der Waals surface area contributed by atoms with E-state index in [1.54, 1.807) is 0 Å². The van der Waals surface area contributed by atoms with E-state index < -0.39 is 11.5 Å². The number of aromatic amines is 1. The Morgan fingerprint density at radius 1 is 1.07 bits per heavy atom. The first-order valence-electron chi connectivity index (χ1n) is 10.5. The molecule has 1 aliphatic rings. The number of pyridine rings is 1. The minimum absolute atomic E-state index is 0.000998. The van der Waals surface area contributed by atoms with Crippen molar-refractivity contribution in [2.45, 2.75) is 59.4 Å². The molecule has 0 aliphatic heterocycles. The fraction of sp³-hybridized carbons (Fsp3) is 0.458. The molecular formula is C24H30N2O3. The summed E-state index contributed by atoms with van der Waals surface area (Å²) >= 11 is 0. The van der Waals surface area contributed by atoms with E-state index in [0.717, 1.165) is 18.4 Å². The van der Waals surface area contributed by atoms with Crippen molar-refractivity contribution in [1.29, 1.82) is 0 Å². The van der Waals surface area contributed by atoms with Gasteiger partial charge in [0.05, 0.1) is 6.04 Å². The van der Waals surface area contributed by atoms with Crippen molar-refractivity contribution in [3.05, 3.63) is 68.6 Å². The molecule has 1 aliphatic carbocycles. The van der Waals surface area contributed by atoms with Crippen LogP contribution in [0.3, 0.4) is 0 Å². The van der Waals surface area contributed by atoms with Crippen LogP contribution in [0.25, 0.3) is 0 Å². The van der Waals surface area contributed by atoms with Gasteiger partial charge in [-0.25, -0.2) is 0 Å². The molecule has 0 saturated heterocycles. The monoisotopic (exact) mass is 394 g/mol. The Kier molecular flexibility index (Phi) is 6.36. The molecule has 1 aromatic heterocycles. The Hall–Kier alpha value is -2.69. The number of aryl methyl sites for hydroxylation is 1. The number of carbonyl (C=O) groups excluding carboxylic acids is 2. The molecule has 1 amide bonds. The molecule has 1 heterocycles. The molecule has 0 unspecified atom stereocenters. The van der Waals surface area contributed by atoms with Crippen molar-refractivity contribution in [3.8, 4) is 0 Å². The maximum absolute atomic E-state index is 12.9. The van der Waals surface area contributed by atoms with Gasteiger partial charge in [0.2, 0.25) is 0 Å². The molecule has 5 heteroatoms. The Labute approximate surface area is 171 Å². The van der Waals surface area contributed by atoms with E-state index in [1.807, 2.05) is 26.0 Å². The van der Waals surface area contributed by atoms with Crippen LogP contribution in [0.5, 0.6) is 0 Å². The third-order valence-electron chi connectivity index (χ3n) is 5.43. The maximum atomic E-state index is 12.9. The first-order chi connectivity index (χ1) is 13.8. The smallest absolute Gasteiger partial charge is 0.261 e. The number of fused-ring (bicyclic) bond motifs is 1. The number of carbonyl (C=O) groups is 2. The Morgan fingerprint density at radius 3 is 2.38 bits per heavy atom. The van der Waals surface area contributed by atoms with Crippen LogP contribution < -0.4 is 10.9 Å². The predicted molar refractivity (Wildman–Crippen MR) is 114 cm³/mol. The van der Waals surface area contributed by atoms with Crippen molar-refractivity contribution in [1.82, 2.24) is 10.3 Å². The summed E-state index contributed by atoms with van der Waals surface area (Å²) in [5, 5.41) is 3.00. The molecule has 5 nitrogen and oxygen atoms in total.